The molecule has 0 unspecified atom stereocenters. The van der Waals surface area contributed by atoms with E-state index in [0.29, 0.717) is 79.2 Å². The van der Waals surface area contributed by atoms with Crippen LogP contribution in [0.4, 0.5) is 4.79 Å². The molecule has 0 spiro atoms. The predicted molar refractivity (Wildman–Crippen MR) is 174 cm³/mol. The molecule has 2 aromatic rings. The highest BCUT2D eigenvalue weighted by molar-refractivity contribution is 5.73. The van der Waals surface area contributed by atoms with Crippen molar-refractivity contribution in [1.29, 1.82) is 0 Å². The standard InChI is InChI=1S/C34H55N3O7/c1-2-3-4-7-30-9-13-32(14-10-30)43-28-26-41-24-22-39-20-18-36-34(38)37-19-21-40-23-25-42-27-29-44-33-15-11-31(12-16-33)8-5-6-17-35/h9-16H,2-8,17-29,35H2,1H3,(H2,36,37,38). The van der Waals surface area contributed by atoms with Gasteiger partial charge in [0, 0.05) is 13.1 Å². The Hall–Kier alpha value is -2.89. The van der Waals surface area contributed by atoms with E-state index in [1.165, 1.54) is 30.4 Å². The summed E-state index contributed by atoms with van der Waals surface area (Å²) in [6, 6.07) is 16.2. The minimum Gasteiger partial charge on any atom is -0.491 e. The third kappa shape index (κ3) is 20.1. The summed E-state index contributed by atoms with van der Waals surface area (Å²) < 4.78 is 33.5. The van der Waals surface area contributed by atoms with E-state index in [9.17, 15) is 4.79 Å². The molecule has 0 bridgehead atoms. The van der Waals surface area contributed by atoms with Crippen LogP contribution in [0.3, 0.4) is 0 Å². The summed E-state index contributed by atoms with van der Waals surface area (Å²) in [7, 11) is 0. The minimum absolute atomic E-state index is 0.253. The highest BCUT2D eigenvalue weighted by atomic mass is 16.5. The van der Waals surface area contributed by atoms with Crippen molar-refractivity contribution >= 4 is 6.03 Å². The van der Waals surface area contributed by atoms with Crippen LogP contribution >= 0.6 is 0 Å². The maximum atomic E-state index is 11.8. The number of carbonyl (C=O) groups is 1. The first-order valence-electron chi connectivity index (χ1n) is 16.2. The molecule has 0 aliphatic rings. The van der Waals surface area contributed by atoms with Gasteiger partial charge in [0.1, 0.15) is 24.7 Å². The summed E-state index contributed by atoms with van der Waals surface area (Å²) in [6.45, 7) is 8.42. The quantitative estimate of drug-likeness (QED) is 0.119. The van der Waals surface area contributed by atoms with Gasteiger partial charge in [0.15, 0.2) is 0 Å². The second-order valence-corrected chi connectivity index (χ2v) is 10.3. The zero-order chi connectivity index (χ0) is 31.3. The number of unbranched alkanes of at least 4 members (excludes halogenated alkanes) is 3. The lowest BCUT2D eigenvalue weighted by atomic mass is 10.1. The first-order valence-corrected chi connectivity index (χ1v) is 16.2. The number of rotatable bonds is 28. The number of nitrogens with two attached hydrogens (primary N) is 1. The summed E-state index contributed by atoms with van der Waals surface area (Å²) in [6.07, 6.45) is 8.05. The van der Waals surface area contributed by atoms with Crippen molar-refractivity contribution in [3.63, 3.8) is 0 Å². The Bertz CT molecular complexity index is 869. The van der Waals surface area contributed by atoms with Gasteiger partial charge in [-0.25, -0.2) is 4.79 Å². The van der Waals surface area contributed by atoms with Crippen LogP contribution in [0.5, 0.6) is 11.5 Å². The number of amides is 2. The number of aryl methyl sites for hydroxylation is 2. The number of carbonyl (C=O) groups excluding carboxylic acids is 1. The molecule has 2 rings (SSSR count). The van der Waals surface area contributed by atoms with Gasteiger partial charge in [-0.15, -0.1) is 0 Å². The maximum Gasteiger partial charge on any atom is 0.314 e. The van der Waals surface area contributed by atoms with Crippen molar-refractivity contribution in [2.24, 2.45) is 5.73 Å². The fourth-order valence-electron chi connectivity index (χ4n) is 4.17. The van der Waals surface area contributed by atoms with E-state index < -0.39 is 0 Å². The van der Waals surface area contributed by atoms with Crippen molar-refractivity contribution < 1.29 is 33.2 Å². The first-order chi connectivity index (χ1) is 21.7. The lowest BCUT2D eigenvalue weighted by molar-refractivity contribution is 0.0368. The highest BCUT2D eigenvalue weighted by Gasteiger charge is 2.01. The van der Waals surface area contributed by atoms with E-state index >= 15 is 0 Å². The Morgan fingerprint density at radius 2 is 0.977 bits per heavy atom. The molecule has 0 aliphatic heterocycles. The van der Waals surface area contributed by atoms with Crippen molar-refractivity contribution in [1.82, 2.24) is 10.6 Å². The SMILES string of the molecule is CCCCCc1ccc(OCCOCCOCCNC(=O)NCCOCCOCCOc2ccc(CCCCN)cc2)cc1. The van der Waals surface area contributed by atoms with Gasteiger partial charge < -0.3 is 44.8 Å². The molecule has 0 aromatic heterocycles. The van der Waals surface area contributed by atoms with Gasteiger partial charge >= 0.3 is 6.03 Å². The maximum absolute atomic E-state index is 11.8. The van der Waals surface area contributed by atoms with Crippen LogP contribution in [0.1, 0.15) is 50.2 Å². The number of hydrogen-bond acceptors (Lipinski definition) is 8. The van der Waals surface area contributed by atoms with E-state index in [1.54, 1.807) is 0 Å². The second-order valence-electron chi connectivity index (χ2n) is 10.3. The van der Waals surface area contributed by atoms with Crippen LogP contribution in [0.2, 0.25) is 0 Å². The predicted octanol–water partition coefficient (Wildman–Crippen LogP) is 4.52. The van der Waals surface area contributed by atoms with Gasteiger partial charge in [-0.2, -0.15) is 0 Å². The number of hydrogen-bond donors (Lipinski definition) is 3. The van der Waals surface area contributed by atoms with E-state index in [2.05, 4.69) is 41.8 Å². The monoisotopic (exact) mass is 617 g/mol. The van der Waals surface area contributed by atoms with Crippen LogP contribution < -0.4 is 25.8 Å². The zero-order valence-electron chi connectivity index (χ0n) is 26.7. The third-order valence-corrected chi connectivity index (χ3v) is 6.64. The Morgan fingerprint density at radius 1 is 0.568 bits per heavy atom. The fourth-order valence-corrected chi connectivity index (χ4v) is 4.17. The second kappa shape index (κ2) is 26.5. The van der Waals surface area contributed by atoms with E-state index in [4.69, 9.17) is 34.2 Å². The van der Waals surface area contributed by atoms with Gasteiger partial charge in [-0.05, 0) is 74.0 Å². The van der Waals surface area contributed by atoms with Crippen molar-refractivity contribution in [2.45, 2.75) is 51.9 Å². The molecule has 0 saturated heterocycles. The summed E-state index contributed by atoms with van der Waals surface area (Å²) >= 11 is 0. The molecule has 10 heteroatoms. The molecule has 0 saturated carbocycles. The molecule has 2 amide bonds. The van der Waals surface area contributed by atoms with Gasteiger partial charge in [0.2, 0.25) is 0 Å². The van der Waals surface area contributed by atoms with Crippen LogP contribution in [-0.4, -0.2) is 91.7 Å². The number of benzene rings is 2. The molecule has 0 atom stereocenters. The molecule has 2 aromatic carbocycles. The average molecular weight is 618 g/mol. The Morgan fingerprint density at radius 3 is 1.41 bits per heavy atom. The van der Waals surface area contributed by atoms with Crippen LogP contribution in [0, 0.1) is 0 Å². The Labute approximate surface area is 264 Å². The van der Waals surface area contributed by atoms with E-state index in [0.717, 1.165) is 43.7 Å². The smallest absolute Gasteiger partial charge is 0.314 e. The van der Waals surface area contributed by atoms with Crippen molar-refractivity contribution in [3.05, 3.63) is 59.7 Å². The topological polar surface area (TPSA) is 123 Å². The summed E-state index contributed by atoms with van der Waals surface area (Å²) in [5.41, 5.74) is 8.18. The lowest BCUT2D eigenvalue weighted by Crippen LogP contribution is -2.39. The molecule has 0 heterocycles. The molecule has 0 fully saturated rings. The molecule has 4 N–H and O–H groups in total. The number of urea groups is 1. The molecule has 10 nitrogen and oxygen atoms in total. The lowest BCUT2D eigenvalue weighted by Gasteiger charge is -2.10. The van der Waals surface area contributed by atoms with Crippen molar-refractivity contribution in [2.75, 3.05) is 85.7 Å². The number of ether oxygens (including phenoxy) is 6. The van der Waals surface area contributed by atoms with Crippen LogP contribution in [0.25, 0.3) is 0 Å². The molecule has 248 valence electrons. The summed E-state index contributed by atoms with van der Waals surface area (Å²) in [5.74, 6) is 1.70. The molecular formula is C34H55N3O7. The average Bonchev–Trinajstić information content (AvgIpc) is 3.04. The largest absolute Gasteiger partial charge is 0.491 e. The Kier molecular flexibility index (Phi) is 22.5. The van der Waals surface area contributed by atoms with E-state index in [1.807, 2.05) is 24.3 Å². The van der Waals surface area contributed by atoms with Crippen LogP contribution in [-0.2, 0) is 31.8 Å². The third-order valence-electron chi connectivity index (χ3n) is 6.64. The van der Waals surface area contributed by atoms with Crippen molar-refractivity contribution in [3.8, 4) is 11.5 Å². The minimum atomic E-state index is -0.253. The highest BCUT2D eigenvalue weighted by Crippen LogP contribution is 2.15. The first kappa shape index (κ1) is 37.3. The van der Waals surface area contributed by atoms with Gasteiger partial charge in [-0.1, -0.05) is 44.0 Å². The summed E-state index contributed by atoms with van der Waals surface area (Å²) in [4.78, 5) is 11.8. The Balaban J connectivity index is 1.29. The zero-order valence-corrected chi connectivity index (χ0v) is 26.7. The normalized spacial score (nSPS) is 11.0. The molecule has 44 heavy (non-hydrogen) atoms. The van der Waals surface area contributed by atoms with Gasteiger partial charge in [-0.3, -0.25) is 0 Å². The van der Waals surface area contributed by atoms with Gasteiger partial charge in [0.25, 0.3) is 0 Å². The fraction of sp³-hybridized carbons (Fsp3) is 0.618. The molecule has 0 aliphatic carbocycles. The molecular weight excluding hydrogens is 562 g/mol. The van der Waals surface area contributed by atoms with E-state index in [-0.39, 0.29) is 6.03 Å². The summed E-state index contributed by atoms with van der Waals surface area (Å²) in [5, 5.41) is 5.50. The molecule has 0 radical (unpaired) electrons. The van der Waals surface area contributed by atoms with Gasteiger partial charge in [0.05, 0.1) is 52.9 Å². The van der Waals surface area contributed by atoms with Crippen LogP contribution in [0.15, 0.2) is 48.5 Å². The number of nitrogens with one attached hydrogen (secondary N) is 2.